The Balaban J connectivity index is 1.52. The van der Waals surface area contributed by atoms with E-state index in [0.717, 1.165) is 42.4 Å². The van der Waals surface area contributed by atoms with Gasteiger partial charge < -0.3 is 10.6 Å². The summed E-state index contributed by atoms with van der Waals surface area (Å²) in [6, 6.07) is 19.1. The molecule has 0 aromatic heterocycles. The minimum Gasteiger partial charge on any atom is -0.322 e. The Bertz CT molecular complexity index is 1200. The van der Waals surface area contributed by atoms with Crippen LogP contribution in [0.25, 0.3) is 0 Å². The van der Waals surface area contributed by atoms with Crippen LogP contribution in [0.15, 0.2) is 66.7 Å². The maximum Gasteiger partial charge on any atom is 0.326 e. The number of anilines is 3. The van der Waals surface area contributed by atoms with E-state index in [9.17, 15) is 9.59 Å². The number of urea groups is 1. The Kier molecular flexibility index (Phi) is 9.15. The van der Waals surface area contributed by atoms with Crippen LogP contribution in [0.1, 0.15) is 15.9 Å². The van der Waals surface area contributed by atoms with Crippen LogP contribution in [0.5, 0.6) is 0 Å². The van der Waals surface area contributed by atoms with Crippen LogP contribution in [0.4, 0.5) is 21.9 Å². The number of hydrogen-bond acceptors (Lipinski definition) is 4. The molecular formula is C27H28Cl2N4O2S. The van der Waals surface area contributed by atoms with Crippen molar-refractivity contribution in [1.82, 2.24) is 4.90 Å². The standard InChI is InChI=1S/C27H28Cl2N4O2S/c1-19-18-20(26(34)30-23-7-3-21(28)4-8-23)2-11-25(19)33(13-12-32-14-16-36-17-15-32)27(35)31-24-9-5-22(29)6-10-24/h2-11,18H,12-17H2,1H3,(H,30,34)(H,31,35). The van der Waals surface area contributed by atoms with Crippen LogP contribution in [0.3, 0.4) is 0 Å². The van der Waals surface area contributed by atoms with Crippen molar-refractivity contribution >= 4 is 64.0 Å². The lowest BCUT2D eigenvalue weighted by Crippen LogP contribution is -2.43. The minimum atomic E-state index is -0.231. The molecular weight excluding hydrogens is 515 g/mol. The molecule has 0 atom stereocenters. The molecule has 3 amide bonds. The third-order valence-electron chi connectivity index (χ3n) is 5.94. The van der Waals surface area contributed by atoms with Crippen molar-refractivity contribution in [2.24, 2.45) is 0 Å². The van der Waals surface area contributed by atoms with E-state index in [1.165, 1.54) is 0 Å². The molecule has 1 heterocycles. The highest BCUT2D eigenvalue weighted by Crippen LogP contribution is 2.24. The van der Waals surface area contributed by atoms with Gasteiger partial charge in [0.15, 0.2) is 0 Å². The van der Waals surface area contributed by atoms with Crippen molar-refractivity contribution in [3.8, 4) is 0 Å². The molecule has 1 aliphatic heterocycles. The molecule has 0 spiro atoms. The summed E-state index contributed by atoms with van der Waals surface area (Å²) in [5.41, 5.74) is 3.43. The Morgan fingerprint density at radius 3 is 2.06 bits per heavy atom. The second-order valence-corrected chi connectivity index (χ2v) is 10.6. The molecule has 0 bridgehead atoms. The van der Waals surface area contributed by atoms with Crippen LogP contribution >= 0.6 is 35.0 Å². The smallest absolute Gasteiger partial charge is 0.322 e. The lowest BCUT2D eigenvalue weighted by atomic mass is 10.1. The summed E-state index contributed by atoms with van der Waals surface area (Å²) in [5, 5.41) is 7.07. The fourth-order valence-corrected chi connectivity index (χ4v) is 5.19. The summed E-state index contributed by atoms with van der Waals surface area (Å²) in [7, 11) is 0. The van der Waals surface area contributed by atoms with E-state index >= 15 is 0 Å². The number of carbonyl (C=O) groups is 2. The van der Waals surface area contributed by atoms with Gasteiger partial charge in [-0.05, 0) is 79.2 Å². The first kappa shape index (κ1) is 26.4. The normalized spacial score (nSPS) is 13.8. The van der Waals surface area contributed by atoms with E-state index in [1.807, 2.05) is 24.8 Å². The molecule has 1 saturated heterocycles. The zero-order valence-corrected chi connectivity index (χ0v) is 22.3. The molecule has 0 aliphatic carbocycles. The predicted molar refractivity (Wildman–Crippen MR) is 152 cm³/mol. The third kappa shape index (κ3) is 7.17. The van der Waals surface area contributed by atoms with Crippen molar-refractivity contribution in [2.45, 2.75) is 6.92 Å². The highest BCUT2D eigenvalue weighted by atomic mass is 35.5. The van der Waals surface area contributed by atoms with E-state index in [0.29, 0.717) is 33.5 Å². The average Bonchev–Trinajstić information content (AvgIpc) is 2.88. The zero-order valence-electron chi connectivity index (χ0n) is 20.0. The van der Waals surface area contributed by atoms with Gasteiger partial charge in [-0.2, -0.15) is 11.8 Å². The second kappa shape index (κ2) is 12.5. The molecule has 3 aromatic rings. The van der Waals surface area contributed by atoms with E-state index < -0.39 is 0 Å². The molecule has 1 fully saturated rings. The summed E-state index contributed by atoms with van der Waals surface area (Å²) in [4.78, 5) is 30.3. The van der Waals surface area contributed by atoms with Gasteiger partial charge in [0.25, 0.3) is 5.91 Å². The van der Waals surface area contributed by atoms with Gasteiger partial charge in [-0.3, -0.25) is 14.6 Å². The second-order valence-electron chi connectivity index (χ2n) is 8.50. The molecule has 0 radical (unpaired) electrons. The van der Waals surface area contributed by atoms with Crippen LogP contribution in [-0.4, -0.2) is 54.5 Å². The fourth-order valence-electron chi connectivity index (χ4n) is 3.96. The van der Waals surface area contributed by atoms with Gasteiger partial charge in [-0.1, -0.05) is 23.2 Å². The zero-order chi connectivity index (χ0) is 25.5. The SMILES string of the molecule is Cc1cc(C(=O)Nc2ccc(Cl)cc2)ccc1N(CCN1CCSCC1)C(=O)Nc1ccc(Cl)cc1. The first-order chi connectivity index (χ1) is 17.4. The van der Waals surface area contributed by atoms with Crippen LogP contribution in [0, 0.1) is 6.92 Å². The third-order valence-corrected chi connectivity index (χ3v) is 7.38. The van der Waals surface area contributed by atoms with E-state index in [-0.39, 0.29) is 11.9 Å². The van der Waals surface area contributed by atoms with Crippen molar-refractivity contribution in [1.29, 1.82) is 0 Å². The minimum absolute atomic E-state index is 0.227. The topological polar surface area (TPSA) is 64.7 Å². The number of benzene rings is 3. The van der Waals surface area contributed by atoms with Crippen LogP contribution in [-0.2, 0) is 0 Å². The van der Waals surface area contributed by atoms with E-state index in [4.69, 9.17) is 23.2 Å². The maximum atomic E-state index is 13.4. The summed E-state index contributed by atoms with van der Waals surface area (Å²) < 4.78 is 0. The molecule has 0 saturated carbocycles. The van der Waals surface area contributed by atoms with Gasteiger partial charge in [0.05, 0.1) is 0 Å². The van der Waals surface area contributed by atoms with Crippen LogP contribution in [0.2, 0.25) is 10.0 Å². The van der Waals surface area contributed by atoms with E-state index in [2.05, 4.69) is 15.5 Å². The molecule has 0 unspecified atom stereocenters. The molecule has 9 heteroatoms. The molecule has 6 nitrogen and oxygen atoms in total. The van der Waals surface area contributed by atoms with E-state index in [1.54, 1.807) is 65.6 Å². The Hall–Kier alpha value is -2.71. The largest absolute Gasteiger partial charge is 0.326 e. The number of nitrogens with zero attached hydrogens (tertiary/aromatic N) is 2. The number of hydrogen-bond donors (Lipinski definition) is 2. The number of carbonyl (C=O) groups excluding carboxylic acids is 2. The van der Waals surface area contributed by atoms with Gasteiger partial charge in [0.2, 0.25) is 0 Å². The highest BCUT2D eigenvalue weighted by molar-refractivity contribution is 7.99. The molecule has 188 valence electrons. The molecule has 1 aliphatic rings. The summed E-state index contributed by atoms with van der Waals surface area (Å²) in [6.07, 6.45) is 0. The number of amides is 3. The quantitative estimate of drug-likeness (QED) is 0.351. The monoisotopic (exact) mass is 542 g/mol. The highest BCUT2D eigenvalue weighted by Gasteiger charge is 2.21. The maximum absolute atomic E-state index is 13.4. The number of aryl methyl sites for hydroxylation is 1. The lowest BCUT2D eigenvalue weighted by molar-refractivity contribution is 0.102. The van der Waals surface area contributed by atoms with Gasteiger partial charge >= 0.3 is 6.03 Å². The fraction of sp³-hybridized carbons (Fsp3) is 0.259. The Morgan fingerprint density at radius 2 is 1.47 bits per heavy atom. The Labute approximate surface area is 225 Å². The number of halogens is 2. The molecule has 36 heavy (non-hydrogen) atoms. The van der Waals surface area contributed by atoms with Gasteiger partial charge in [-0.15, -0.1) is 0 Å². The Morgan fingerprint density at radius 1 is 0.889 bits per heavy atom. The first-order valence-electron chi connectivity index (χ1n) is 11.7. The van der Waals surface area contributed by atoms with Crippen molar-refractivity contribution in [3.05, 3.63) is 87.9 Å². The van der Waals surface area contributed by atoms with Crippen molar-refractivity contribution in [2.75, 3.05) is 53.2 Å². The molecule has 3 aromatic carbocycles. The first-order valence-corrected chi connectivity index (χ1v) is 13.6. The predicted octanol–water partition coefficient (Wildman–Crippen LogP) is 6.64. The van der Waals surface area contributed by atoms with Gasteiger partial charge in [-0.25, -0.2) is 4.79 Å². The molecule has 4 rings (SSSR count). The van der Waals surface area contributed by atoms with Gasteiger partial charge in [0, 0.05) is 70.4 Å². The summed E-state index contributed by atoms with van der Waals surface area (Å²) >= 11 is 13.9. The average molecular weight is 544 g/mol. The van der Waals surface area contributed by atoms with Crippen LogP contribution < -0.4 is 15.5 Å². The summed E-state index contributed by atoms with van der Waals surface area (Å²) in [5.74, 6) is 1.98. The molecule has 2 N–H and O–H groups in total. The van der Waals surface area contributed by atoms with Gasteiger partial charge in [0.1, 0.15) is 0 Å². The number of nitrogens with one attached hydrogen (secondary N) is 2. The summed E-state index contributed by atoms with van der Waals surface area (Å²) in [6.45, 7) is 5.24. The number of thioether (sulfide) groups is 1. The lowest BCUT2D eigenvalue weighted by Gasteiger charge is -2.30. The number of rotatable bonds is 7. The van der Waals surface area contributed by atoms with Crippen molar-refractivity contribution in [3.63, 3.8) is 0 Å². The van der Waals surface area contributed by atoms with Crippen molar-refractivity contribution < 1.29 is 9.59 Å².